The molecule has 7 nitrogen and oxygen atoms in total. The number of hydrogen-bond acceptors (Lipinski definition) is 5. The van der Waals surface area contributed by atoms with Crippen molar-refractivity contribution in [1.82, 2.24) is 14.9 Å². The van der Waals surface area contributed by atoms with Crippen LogP contribution in [0.15, 0.2) is 47.4 Å². The summed E-state index contributed by atoms with van der Waals surface area (Å²) in [6.45, 7) is 4.88. The maximum Gasteiger partial charge on any atom is 0.240 e. The highest BCUT2D eigenvalue weighted by molar-refractivity contribution is 7.89. The topological polar surface area (TPSA) is 87.7 Å². The molecule has 0 bridgehead atoms. The van der Waals surface area contributed by atoms with E-state index in [-0.39, 0.29) is 23.8 Å². The molecule has 1 aliphatic carbocycles. The summed E-state index contributed by atoms with van der Waals surface area (Å²) in [7, 11) is -3.62. The second kappa shape index (κ2) is 11.2. The van der Waals surface area contributed by atoms with Crippen molar-refractivity contribution in [2.24, 2.45) is 0 Å². The van der Waals surface area contributed by atoms with Gasteiger partial charge in [-0.25, -0.2) is 13.1 Å². The minimum atomic E-state index is -3.62. The molecule has 1 fully saturated rings. The largest absolute Gasteiger partial charge is 0.379 e. The van der Waals surface area contributed by atoms with Crippen LogP contribution >= 0.6 is 0 Å². The summed E-state index contributed by atoms with van der Waals surface area (Å²) in [5.41, 5.74) is 4.62. The van der Waals surface area contributed by atoms with Crippen LogP contribution in [0.4, 0.5) is 0 Å². The molecule has 1 aliphatic heterocycles. The van der Waals surface area contributed by atoms with Crippen LogP contribution in [-0.2, 0) is 45.5 Å². The summed E-state index contributed by atoms with van der Waals surface area (Å²) in [5, 5.41) is 2.87. The second-order valence-electron chi connectivity index (χ2n) is 8.77. The maximum atomic E-state index is 12.6. The minimum absolute atomic E-state index is 0.0732. The van der Waals surface area contributed by atoms with Gasteiger partial charge in [0, 0.05) is 39.1 Å². The number of morpholine rings is 1. The fourth-order valence-electron chi connectivity index (χ4n) is 4.33. The van der Waals surface area contributed by atoms with Crippen LogP contribution in [0.3, 0.4) is 0 Å². The normalized spacial score (nSPS) is 16.8. The van der Waals surface area contributed by atoms with Crippen LogP contribution in [0.25, 0.3) is 0 Å². The van der Waals surface area contributed by atoms with Crippen LogP contribution < -0.4 is 10.0 Å². The first-order valence-corrected chi connectivity index (χ1v) is 13.2. The van der Waals surface area contributed by atoms with Gasteiger partial charge < -0.3 is 10.1 Å². The number of benzene rings is 2. The molecule has 8 heteroatoms. The highest BCUT2D eigenvalue weighted by Crippen LogP contribution is 2.24. The summed E-state index contributed by atoms with van der Waals surface area (Å²) in [5.74, 6) is -0.180. The van der Waals surface area contributed by atoms with Crippen molar-refractivity contribution in [2.45, 2.75) is 50.1 Å². The average Bonchev–Trinajstić information content (AvgIpc) is 2.84. The summed E-state index contributed by atoms with van der Waals surface area (Å²) in [4.78, 5) is 14.8. The van der Waals surface area contributed by atoms with E-state index in [0.29, 0.717) is 6.54 Å². The van der Waals surface area contributed by atoms with Gasteiger partial charge >= 0.3 is 0 Å². The Balaban J connectivity index is 1.19. The summed E-state index contributed by atoms with van der Waals surface area (Å²) >= 11 is 0. The van der Waals surface area contributed by atoms with E-state index in [2.05, 4.69) is 27.1 Å². The third kappa shape index (κ3) is 6.86. The van der Waals surface area contributed by atoms with Gasteiger partial charge in [-0.2, -0.15) is 0 Å². The van der Waals surface area contributed by atoms with E-state index in [0.717, 1.165) is 69.7 Å². The number of amides is 1. The van der Waals surface area contributed by atoms with Gasteiger partial charge in [-0.15, -0.1) is 0 Å². The molecule has 2 aromatic carbocycles. The van der Waals surface area contributed by atoms with Crippen molar-refractivity contribution >= 4 is 15.9 Å². The van der Waals surface area contributed by atoms with Crippen LogP contribution in [0.5, 0.6) is 0 Å². The van der Waals surface area contributed by atoms with E-state index < -0.39 is 10.0 Å². The quantitative estimate of drug-likeness (QED) is 0.586. The molecule has 1 saturated heterocycles. The lowest BCUT2D eigenvalue weighted by Gasteiger charge is -2.26. The number of nitrogens with one attached hydrogen (secondary N) is 2. The molecular weight excluding hydrogens is 438 g/mol. The molecule has 2 aromatic rings. The Bertz CT molecular complexity index is 1050. The van der Waals surface area contributed by atoms with Gasteiger partial charge in [-0.3, -0.25) is 9.69 Å². The fraction of sp³-hybridized carbons (Fsp3) is 0.480. The lowest BCUT2D eigenvalue weighted by molar-refractivity contribution is -0.121. The van der Waals surface area contributed by atoms with Gasteiger partial charge in [0.2, 0.25) is 15.9 Å². The SMILES string of the molecule is O=C(CCNS(=O)(=O)c1ccc2c(c1)CCCC2)NCc1ccc(CN2CCOCC2)cc1. The molecule has 4 rings (SSSR count). The smallest absolute Gasteiger partial charge is 0.240 e. The molecule has 2 N–H and O–H groups in total. The van der Waals surface area contributed by atoms with E-state index in [1.165, 1.54) is 11.1 Å². The van der Waals surface area contributed by atoms with Gasteiger partial charge in [0.15, 0.2) is 0 Å². The Morgan fingerprint density at radius 1 is 0.939 bits per heavy atom. The van der Waals surface area contributed by atoms with E-state index in [4.69, 9.17) is 4.74 Å². The van der Waals surface area contributed by atoms with E-state index >= 15 is 0 Å². The number of carbonyl (C=O) groups is 1. The molecule has 0 unspecified atom stereocenters. The lowest BCUT2D eigenvalue weighted by Crippen LogP contribution is -2.35. The van der Waals surface area contributed by atoms with E-state index in [1.54, 1.807) is 12.1 Å². The molecule has 178 valence electrons. The molecular formula is C25H33N3O4S. The minimum Gasteiger partial charge on any atom is -0.379 e. The maximum absolute atomic E-state index is 12.6. The predicted molar refractivity (Wildman–Crippen MR) is 127 cm³/mol. The van der Waals surface area contributed by atoms with E-state index in [9.17, 15) is 13.2 Å². The van der Waals surface area contributed by atoms with Gasteiger partial charge in [-0.05, 0) is 60.1 Å². The van der Waals surface area contributed by atoms with E-state index in [1.807, 2.05) is 18.2 Å². The summed E-state index contributed by atoms with van der Waals surface area (Å²) < 4.78 is 33.1. The second-order valence-corrected chi connectivity index (χ2v) is 10.5. The van der Waals surface area contributed by atoms with Gasteiger partial charge in [0.25, 0.3) is 0 Å². The Labute approximate surface area is 196 Å². The van der Waals surface area contributed by atoms with Crippen molar-refractivity contribution in [3.63, 3.8) is 0 Å². The highest BCUT2D eigenvalue weighted by Gasteiger charge is 2.18. The zero-order valence-electron chi connectivity index (χ0n) is 19.0. The number of hydrogen-bond donors (Lipinski definition) is 2. The molecule has 0 aromatic heterocycles. The van der Waals surface area contributed by atoms with Crippen LogP contribution in [0, 0.1) is 0 Å². The first-order chi connectivity index (χ1) is 16.0. The average molecular weight is 472 g/mol. The monoisotopic (exact) mass is 471 g/mol. The Morgan fingerprint density at radius 2 is 1.64 bits per heavy atom. The van der Waals surface area contributed by atoms with Crippen molar-refractivity contribution in [3.8, 4) is 0 Å². The zero-order valence-corrected chi connectivity index (χ0v) is 19.8. The Morgan fingerprint density at radius 3 is 2.39 bits per heavy atom. The number of sulfonamides is 1. The number of rotatable bonds is 9. The molecule has 0 radical (unpaired) electrons. The number of fused-ring (bicyclic) bond motifs is 1. The number of carbonyl (C=O) groups excluding carboxylic acids is 1. The number of aryl methyl sites for hydroxylation is 2. The van der Waals surface area contributed by atoms with Crippen molar-refractivity contribution in [2.75, 3.05) is 32.8 Å². The van der Waals surface area contributed by atoms with Crippen molar-refractivity contribution in [1.29, 1.82) is 0 Å². The molecule has 0 spiro atoms. The van der Waals surface area contributed by atoms with Gasteiger partial charge in [0.1, 0.15) is 0 Å². The number of ether oxygens (including phenoxy) is 1. The first-order valence-electron chi connectivity index (χ1n) is 11.8. The third-order valence-electron chi connectivity index (χ3n) is 6.30. The Kier molecular flexibility index (Phi) is 8.14. The van der Waals surface area contributed by atoms with Crippen molar-refractivity contribution < 1.29 is 17.9 Å². The molecule has 1 amide bonds. The molecule has 1 heterocycles. The fourth-order valence-corrected chi connectivity index (χ4v) is 5.41. The predicted octanol–water partition coefficient (Wildman–Crippen LogP) is 2.38. The Hall–Kier alpha value is -2.26. The standard InChI is InChI=1S/C25H33N3O4S/c29-25(26-18-20-5-7-21(8-6-20)19-28-13-15-32-16-14-28)11-12-27-33(30,31)24-10-9-22-3-1-2-4-23(22)17-24/h5-10,17,27H,1-4,11-16,18-19H2,(H,26,29). The van der Waals surface area contributed by atoms with Gasteiger partial charge in [-0.1, -0.05) is 30.3 Å². The van der Waals surface area contributed by atoms with Gasteiger partial charge in [0.05, 0.1) is 18.1 Å². The lowest BCUT2D eigenvalue weighted by atomic mass is 9.92. The molecule has 0 atom stereocenters. The van der Waals surface area contributed by atoms with Crippen LogP contribution in [0.2, 0.25) is 0 Å². The van der Waals surface area contributed by atoms with Crippen molar-refractivity contribution in [3.05, 3.63) is 64.7 Å². The molecule has 2 aliphatic rings. The highest BCUT2D eigenvalue weighted by atomic mass is 32.2. The number of nitrogens with zero attached hydrogens (tertiary/aromatic N) is 1. The molecule has 33 heavy (non-hydrogen) atoms. The first kappa shape index (κ1) is 23.9. The molecule has 0 saturated carbocycles. The zero-order chi connectivity index (χ0) is 23.1. The third-order valence-corrected chi connectivity index (χ3v) is 7.76. The summed E-state index contributed by atoms with van der Waals surface area (Å²) in [6, 6.07) is 13.6. The van der Waals surface area contributed by atoms with Crippen LogP contribution in [-0.4, -0.2) is 52.1 Å². The van der Waals surface area contributed by atoms with Crippen LogP contribution in [0.1, 0.15) is 41.5 Å². The summed E-state index contributed by atoms with van der Waals surface area (Å²) in [6.07, 6.45) is 4.29.